The topological polar surface area (TPSA) is 108 Å². The van der Waals surface area contributed by atoms with E-state index in [0.29, 0.717) is 11.0 Å². The highest BCUT2D eigenvalue weighted by molar-refractivity contribution is 7.45. The van der Waals surface area contributed by atoms with Crippen LogP contribution in [0.5, 0.6) is 0 Å². The lowest BCUT2D eigenvalue weighted by molar-refractivity contribution is -0.870. The van der Waals surface area contributed by atoms with E-state index < -0.39 is 13.9 Å². The molecule has 0 radical (unpaired) electrons. The summed E-state index contributed by atoms with van der Waals surface area (Å²) in [5, 5.41) is 8.17. The van der Waals surface area contributed by atoms with E-state index in [9.17, 15) is 9.46 Å². The number of hydrogen-bond donors (Lipinski definition) is 0. The number of rotatable bonds is 14. The van der Waals surface area contributed by atoms with Gasteiger partial charge in [0.15, 0.2) is 0 Å². The number of likely N-dealkylation sites (N-methyl/N-ethyl adjacent to an activating group) is 1. The summed E-state index contributed by atoms with van der Waals surface area (Å²) in [4.78, 5) is 12.2. The van der Waals surface area contributed by atoms with Crippen LogP contribution in [0.4, 0.5) is 0 Å². The number of aromatic nitrogens is 3. The minimum atomic E-state index is -4.46. The summed E-state index contributed by atoms with van der Waals surface area (Å²) < 4.78 is 36.0. The Bertz CT molecular complexity index is 1040. The fourth-order valence-corrected chi connectivity index (χ4v) is 3.58. The molecule has 0 aliphatic heterocycles. The molecule has 0 fully saturated rings. The van der Waals surface area contributed by atoms with Gasteiger partial charge in [-0.1, -0.05) is 47.7 Å². The van der Waals surface area contributed by atoms with E-state index in [-0.39, 0.29) is 33.2 Å². The Morgan fingerprint density at radius 3 is 2.52 bits per heavy atom. The molecule has 2 unspecified atom stereocenters. The number of nitrogens with zero attached hydrogens (tertiary/aromatic N) is 4. The molecule has 180 valence electrons. The summed E-state index contributed by atoms with van der Waals surface area (Å²) in [7, 11) is 1.38. The van der Waals surface area contributed by atoms with Crippen LogP contribution >= 0.6 is 7.82 Å². The maximum atomic E-state index is 12.2. The molecule has 0 bridgehead atoms. The minimum absolute atomic E-state index is 0.0374. The highest BCUT2D eigenvalue weighted by Gasteiger charge is 2.18. The minimum Gasteiger partial charge on any atom is -0.756 e. The number of ether oxygens (including phenoxy) is 2. The van der Waals surface area contributed by atoms with Crippen molar-refractivity contribution in [2.75, 3.05) is 47.5 Å². The summed E-state index contributed by atoms with van der Waals surface area (Å²) >= 11 is 0. The molecule has 0 saturated carbocycles. The lowest BCUT2D eigenvalue weighted by Crippen LogP contribution is -2.37. The predicted octanol–water partition coefficient (Wildman–Crippen LogP) is 2.20. The van der Waals surface area contributed by atoms with Crippen LogP contribution in [-0.2, 0) is 36.4 Å². The molecule has 33 heavy (non-hydrogen) atoms. The van der Waals surface area contributed by atoms with Gasteiger partial charge in [-0.3, -0.25) is 4.57 Å². The van der Waals surface area contributed by atoms with Gasteiger partial charge in [0.05, 0.1) is 46.5 Å². The Morgan fingerprint density at radius 2 is 1.76 bits per heavy atom. The van der Waals surface area contributed by atoms with Crippen LogP contribution in [0.25, 0.3) is 11.0 Å². The van der Waals surface area contributed by atoms with E-state index in [1.807, 2.05) is 75.7 Å². The molecule has 1 heterocycles. The molecule has 0 saturated heterocycles. The quantitative estimate of drug-likeness (QED) is 0.256. The van der Waals surface area contributed by atoms with Crippen molar-refractivity contribution in [1.82, 2.24) is 15.0 Å². The largest absolute Gasteiger partial charge is 0.756 e. The number of fused-ring (bicyclic) bond motifs is 1. The van der Waals surface area contributed by atoms with Gasteiger partial charge in [-0.2, -0.15) is 0 Å². The molecule has 0 amide bonds. The van der Waals surface area contributed by atoms with Crippen molar-refractivity contribution < 1.29 is 32.5 Å². The highest BCUT2D eigenvalue weighted by Crippen LogP contribution is 2.38. The third kappa shape index (κ3) is 8.94. The SMILES string of the molecule is C[N+](C)(C)CCOP(=O)([O-])OCC(COCn1nnc2ccccc21)OCc1ccccc1. The highest BCUT2D eigenvalue weighted by atomic mass is 31.2. The van der Waals surface area contributed by atoms with Gasteiger partial charge in [-0.15, -0.1) is 5.10 Å². The number of para-hydroxylation sites is 1. The normalized spacial score (nSPS) is 14.9. The van der Waals surface area contributed by atoms with Crippen LogP contribution in [0.1, 0.15) is 5.56 Å². The first kappa shape index (κ1) is 25.5. The second-order valence-corrected chi connectivity index (χ2v) is 10.00. The monoisotopic (exact) mass is 478 g/mol. The molecule has 2 atom stereocenters. The predicted molar refractivity (Wildman–Crippen MR) is 121 cm³/mol. The second-order valence-electron chi connectivity index (χ2n) is 8.59. The number of phosphoric acid groups is 1. The Balaban J connectivity index is 1.54. The third-order valence-electron chi connectivity index (χ3n) is 4.70. The van der Waals surface area contributed by atoms with Gasteiger partial charge in [0, 0.05) is 0 Å². The Hall–Kier alpha value is -2.17. The molecular weight excluding hydrogens is 447 g/mol. The lowest BCUT2D eigenvalue weighted by Gasteiger charge is -2.28. The van der Waals surface area contributed by atoms with E-state index in [1.165, 1.54) is 0 Å². The van der Waals surface area contributed by atoms with Crippen molar-refractivity contribution in [2.24, 2.45) is 0 Å². The number of quaternary nitrogens is 1. The summed E-state index contributed by atoms with van der Waals surface area (Å²) in [5.74, 6) is 0. The standard InChI is InChI=1S/C22H31N4O6P/c1-26(2,3)13-14-31-33(27,28)32-17-20(30-15-19-9-5-4-6-10-19)16-29-18-25-22-12-8-7-11-21(22)23-24-25/h4-12,20H,13-18H2,1-3H3. The van der Waals surface area contributed by atoms with Crippen molar-refractivity contribution >= 4 is 18.9 Å². The molecule has 0 aliphatic carbocycles. The molecule has 3 rings (SSSR count). The van der Waals surface area contributed by atoms with Crippen molar-refractivity contribution in [3.05, 3.63) is 60.2 Å². The average molecular weight is 478 g/mol. The molecular formula is C22H31N4O6P. The molecule has 2 aromatic carbocycles. The van der Waals surface area contributed by atoms with E-state index in [4.69, 9.17) is 18.5 Å². The number of hydrogen-bond acceptors (Lipinski definition) is 8. The van der Waals surface area contributed by atoms with Gasteiger partial charge in [0.25, 0.3) is 7.82 Å². The second kappa shape index (κ2) is 11.8. The van der Waals surface area contributed by atoms with E-state index in [0.717, 1.165) is 16.6 Å². The lowest BCUT2D eigenvalue weighted by atomic mass is 10.2. The van der Waals surface area contributed by atoms with Gasteiger partial charge in [0.2, 0.25) is 0 Å². The zero-order valence-electron chi connectivity index (χ0n) is 19.2. The number of phosphoric ester groups is 1. The first-order valence-electron chi connectivity index (χ1n) is 10.6. The molecule has 3 aromatic rings. The van der Waals surface area contributed by atoms with Crippen LogP contribution < -0.4 is 4.89 Å². The summed E-state index contributed by atoms with van der Waals surface area (Å²) in [6, 6.07) is 17.1. The van der Waals surface area contributed by atoms with E-state index in [1.54, 1.807) is 4.68 Å². The molecule has 10 nitrogen and oxygen atoms in total. The fourth-order valence-electron chi connectivity index (χ4n) is 2.85. The maximum Gasteiger partial charge on any atom is 0.268 e. The van der Waals surface area contributed by atoms with Gasteiger partial charge < -0.3 is 27.9 Å². The van der Waals surface area contributed by atoms with Crippen LogP contribution in [0.2, 0.25) is 0 Å². The van der Waals surface area contributed by atoms with Gasteiger partial charge in [-0.25, -0.2) is 4.68 Å². The van der Waals surface area contributed by atoms with Crippen LogP contribution in [-0.4, -0.2) is 73.1 Å². The van der Waals surface area contributed by atoms with Crippen LogP contribution in [0.15, 0.2) is 54.6 Å². The third-order valence-corrected chi connectivity index (χ3v) is 5.66. The van der Waals surface area contributed by atoms with Gasteiger partial charge in [-0.05, 0) is 17.7 Å². The number of benzene rings is 2. The Labute approximate surface area is 193 Å². The summed E-state index contributed by atoms with van der Waals surface area (Å²) in [5.41, 5.74) is 2.55. The average Bonchev–Trinajstić information content (AvgIpc) is 3.18. The van der Waals surface area contributed by atoms with E-state index in [2.05, 4.69) is 10.3 Å². The summed E-state index contributed by atoms with van der Waals surface area (Å²) in [6.45, 7) is 0.862. The van der Waals surface area contributed by atoms with Crippen molar-refractivity contribution in [3.8, 4) is 0 Å². The molecule has 0 aliphatic rings. The van der Waals surface area contributed by atoms with Gasteiger partial charge >= 0.3 is 0 Å². The first-order chi connectivity index (χ1) is 15.7. The van der Waals surface area contributed by atoms with Crippen molar-refractivity contribution in [1.29, 1.82) is 0 Å². The zero-order chi connectivity index (χ0) is 23.7. The molecule has 0 N–H and O–H groups in total. The Kier molecular flexibility index (Phi) is 9.10. The molecule has 1 aromatic heterocycles. The Morgan fingerprint density at radius 1 is 1.03 bits per heavy atom. The van der Waals surface area contributed by atoms with E-state index >= 15 is 0 Å². The maximum absolute atomic E-state index is 12.2. The van der Waals surface area contributed by atoms with Crippen molar-refractivity contribution in [3.63, 3.8) is 0 Å². The van der Waals surface area contributed by atoms with Crippen molar-refractivity contribution in [2.45, 2.75) is 19.4 Å². The zero-order valence-corrected chi connectivity index (χ0v) is 20.1. The smallest absolute Gasteiger partial charge is 0.268 e. The first-order valence-corrected chi connectivity index (χ1v) is 12.1. The summed E-state index contributed by atoms with van der Waals surface area (Å²) in [6.07, 6.45) is -0.635. The van der Waals surface area contributed by atoms with Gasteiger partial charge in [0.1, 0.15) is 31.5 Å². The molecule has 0 spiro atoms. The fraction of sp³-hybridized carbons (Fsp3) is 0.455. The van der Waals surface area contributed by atoms with Crippen LogP contribution in [0.3, 0.4) is 0 Å². The molecule has 11 heteroatoms. The van der Waals surface area contributed by atoms with Crippen LogP contribution in [0, 0.1) is 0 Å².